The minimum atomic E-state index is 0.663. The van der Waals surface area contributed by atoms with Gasteiger partial charge in [0.1, 0.15) is 0 Å². The Balaban J connectivity index is 1.96. The van der Waals surface area contributed by atoms with E-state index in [0.29, 0.717) is 5.41 Å². The van der Waals surface area contributed by atoms with Gasteiger partial charge in [0.25, 0.3) is 0 Å². The van der Waals surface area contributed by atoms with Crippen molar-refractivity contribution in [3.8, 4) is 0 Å². The van der Waals surface area contributed by atoms with E-state index < -0.39 is 0 Å². The highest BCUT2D eigenvalue weighted by molar-refractivity contribution is 4.93. The Bertz CT molecular complexity index is 130. The molecule has 0 aromatic rings. The second kappa shape index (κ2) is 2.78. The average Bonchev–Trinajstić information content (AvgIpc) is 2.70. The van der Waals surface area contributed by atoms with Gasteiger partial charge in [-0.25, -0.2) is 0 Å². The van der Waals surface area contributed by atoms with E-state index in [-0.39, 0.29) is 0 Å². The lowest BCUT2D eigenvalue weighted by atomic mass is 9.81. The fraction of sp³-hybridized carbons (Fsp3) is 1.00. The van der Waals surface area contributed by atoms with Crippen molar-refractivity contribution >= 4 is 0 Å². The summed E-state index contributed by atoms with van der Waals surface area (Å²) in [6.07, 6.45) is 7.29. The number of nitrogens with one attached hydrogen (secondary N) is 1. The van der Waals surface area contributed by atoms with Crippen molar-refractivity contribution < 1.29 is 0 Å². The molecule has 64 valence electrons. The van der Waals surface area contributed by atoms with Crippen molar-refractivity contribution in [1.82, 2.24) is 5.32 Å². The van der Waals surface area contributed by atoms with Crippen LogP contribution in [0, 0.1) is 11.3 Å². The summed E-state index contributed by atoms with van der Waals surface area (Å²) in [5, 5.41) is 3.56. The van der Waals surface area contributed by atoms with Crippen LogP contribution in [0.1, 0.15) is 39.0 Å². The summed E-state index contributed by atoms with van der Waals surface area (Å²) in [5.41, 5.74) is 0.663. The second-order valence-electron chi connectivity index (χ2n) is 4.56. The van der Waals surface area contributed by atoms with Crippen LogP contribution in [0.2, 0.25) is 0 Å². The van der Waals surface area contributed by atoms with Crippen LogP contribution < -0.4 is 5.32 Å². The molecule has 1 atom stereocenters. The molecular formula is C10H19N. The molecule has 0 amide bonds. The highest BCUT2D eigenvalue weighted by Crippen LogP contribution is 2.48. The Morgan fingerprint density at radius 2 is 2.09 bits per heavy atom. The maximum Gasteiger partial charge on any atom is 0.000781 e. The SMILES string of the molecule is CC1(C2CC2)CCCCNC1. The molecule has 11 heavy (non-hydrogen) atoms. The molecule has 0 aromatic heterocycles. The van der Waals surface area contributed by atoms with Crippen molar-refractivity contribution in [3.63, 3.8) is 0 Å². The standard InChI is InChI=1S/C10H19N/c1-10(9-4-5-9)6-2-3-7-11-8-10/h9,11H,2-8H2,1H3. The van der Waals surface area contributed by atoms with Crippen molar-refractivity contribution in [2.24, 2.45) is 11.3 Å². The highest BCUT2D eigenvalue weighted by atomic mass is 14.9. The second-order valence-corrected chi connectivity index (χ2v) is 4.56. The molecule has 0 spiro atoms. The van der Waals surface area contributed by atoms with E-state index in [4.69, 9.17) is 0 Å². The maximum atomic E-state index is 3.56. The molecule has 0 aromatic carbocycles. The van der Waals surface area contributed by atoms with E-state index >= 15 is 0 Å². The summed E-state index contributed by atoms with van der Waals surface area (Å²) in [7, 11) is 0. The average molecular weight is 153 g/mol. The lowest BCUT2D eigenvalue weighted by molar-refractivity contribution is 0.250. The van der Waals surface area contributed by atoms with Gasteiger partial charge in [-0.3, -0.25) is 0 Å². The van der Waals surface area contributed by atoms with Gasteiger partial charge in [0.15, 0.2) is 0 Å². The zero-order chi connectivity index (χ0) is 7.73. The number of hydrogen-bond acceptors (Lipinski definition) is 1. The van der Waals surface area contributed by atoms with E-state index in [2.05, 4.69) is 12.2 Å². The van der Waals surface area contributed by atoms with E-state index in [1.54, 1.807) is 0 Å². The molecule has 1 heteroatoms. The summed E-state index contributed by atoms with van der Waals surface area (Å²) >= 11 is 0. The lowest BCUT2D eigenvalue weighted by Gasteiger charge is -2.27. The smallest absolute Gasteiger partial charge is 0.000781 e. The fourth-order valence-corrected chi connectivity index (χ4v) is 2.37. The molecule has 1 unspecified atom stereocenters. The summed E-state index contributed by atoms with van der Waals surface area (Å²) in [4.78, 5) is 0. The summed E-state index contributed by atoms with van der Waals surface area (Å²) in [5.74, 6) is 1.06. The zero-order valence-corrected chi connectivity index (χ0v) is 7.53. The Morgan fingerprint density at radius 3 is 2.82 bits per heavy atom. The lowest BCUT2D eigenvalue weighted by Crippen LogP contribution is -2.31. The molecule has 1 saturated carbocycles. The Kier molecular flexibility index (Phi) is 1.92. The van der Waals surface area contributed by atoms with Crippen LogP contribution in [0.4, 0.5) is 0 Å². The molecule has 0 radical (unpaired) electrons. The van der Waals surface area contributed by atoms with Crippen LogP contribution in [0.25, 0.3) is 0 Å². The van der Waals surface area contributed by atoms with Gasteiger partial charge in [-0.05, 0) is 43.6 Å². The third kappa shape index (κ3) is 1.58. The van der Waals surface area contributed by atoms with Crippen LogP contribution in [0.3, 0.4) is 0 Å². The first-order chi connectivity index (χ1) is 5.31. The molecule has 2 aliphatic rings. The fourth-order valence-electron chi connectivity index (χ4n) is 2.37. The topological polar surface area (TPSA) is 12.0 Å². The van der Waals surface area contributed by atoms with Crippen LogP contribution in [-0.2, 0) is 0 Å². The van der Waals surface area contributed by atoms with E-state index in [1.807, 2.05) is 0 Å². The van der Waals surface area contributed by atoms with Crippen LogP contribution >= 0.6 is 0 Å². The van der Waals surface area contributed by atoms with Gasteiger partial charge in [-0.2, -0.15) is 0 Å². The van der Waals surface area contributed by atoms with Crippen molar-refractivity contribution in [2.75, 3.05) is 13.1 Å². The Labute approximate surface area is 69.6 Å². The van der Waals surface area contributed by atoms with Gasteiger partial charge in [0.05, 0.1) is 0 Å². The van der Waals surface area contributed by atoms with Gasteiger partial charge < -0.3 is 5.32 Å². The Morgan fingerprint density at radius 1 is 1.27 bits per heavy atom. The molecule has 1 aliphatic heterocycles. The Hall–Kier alpha value is -0.0400. The predicted octanol–water partition coefficient (Wildman–Crippen LogP) is 2.18. The molecular weight excluding hydrogens is 134 g/mol. The van der Waals surface area contributed by atoms with E-state index in [1.165, 1.54) is 45.2 Å². The summed E-state index contributed by atoms with van der Waals surface area (Å²) < 4.78 is 0. The first-order valence-corrected chi connectivity index (χ1v) is 5.02. The van der Waals surface area contributed by atoms with E-state index in [0.717, 1.165) is 5.92 Å². The molecule has 1 aliphatic carbocycles. The molecule has 2 fully saturated rings. The third-order valence-electron chi connectivity index (χ3n) is 3.44. The molecule has 1 saturated heterocycles. The first-order valence-electron chi connectivity index (χ1n) is 5.02. The quantitative estimate of drug-likeness (QED) is 0.609. The van der Waals surface area contributed by atoms with Gasteiger partial charge in [0, 0.05) is 6.54 Å². The number of hydrogen-bond donors (Lipinski definition) is 1. The van der Waals surface area contributed by atoms with E-state index in [9.17, 15) is 0 Å². The predicted molar refractivity (Wildman–Crippen MR) is 47.6 cm³/mol. The van der Waals surface area contributed by atoms with Crippen molar-refractivity contribution in [3.05, 3.63) is 0 Å². The number of rotatable bonds is 1. The largest absolute Gasteiger partial charge is 0.316 e. The minimum Gasteiger partial charge on any atom is -0.316 e. The molecule has 2 rings (SSSR count). The summed E-state index contributed by atoms with van der Waals surface area (Å²) in [6.45, 7) is 5.00. The monoisotopic (exact) mass is 153 g/mol. The van der Waals surface area contributed by atoms with Gasteiger partial charge >= 0.3 is 0 Å². The maximum absolute atomic E-state index is 3.56. The van der Waals surface area contributed by atoms with Crippen molar-refractivity contribution in [2.45, 2.75) is 39.0 Å². The van der Waals surface area contributed by atoms with Crippen LogP contribution in [-0.4, -0.2) is 13.1 Å². The third-order valence-corrected chi connectivity index (χ3v) is 3.44. The molecule has 1 heterocycles. The van der Waals surface area contributed by atoms with Gasteiger partial charge in [0.2, 0.25) is 0 Å². The molecule has 0 bridgehead atoms. The van der Waals surface area contributed by atoms with Gasteiger partial charge in [-0.15, -0.1) is 0 Å². The van der Waals surface area contributed by atoms with Crippen LogP contribution in [0.5, 0.6) is 0 Å². The normalized spacial score (nSPS) is 40.1. The minimum absolute atomic E-state index is 0.663. The molecule has 1 N–H and O–H groups in total. The molecule has 1 nitrogen and oxygen atoms in total. The van der Waals surface area contributed by atoms with Crippen molar-refractivity contribution in [1.29, 1.82) is 0 Å². The van der Waals surface area contributed by atoms with Crippen LogP contribution in [0.15, 0.2) is 0 Å². The van der Waals surface area contributed by atoms with Gasteiger partial charge in [-0.1, -0.05) is 13.3 Å². The first kappa shape index (κ1) is 7.60. The zero-order valence-electron chi connectivity index (χ0n) is 7.53. The summed E-state index contributed by atoms with van der Waals surface area (Å²) in [6, 6.07) is 0. The highest BCUT2D eigenvalue weighted by Gasteiger charge is 2.40.